The van der Waals surface area contributed by atoms with Gasteiger partial charge in [0.05, 0.1) is 0 Å². The van der Waals surface area contributed by atoms with Gasteiger partial charge in [0.25, 0.3) is 0 Å². The van der Waals surface area contributed by atoms with E-state index in [1.165, 1.54) is 0 Å². The first kappa shape index (κ1) is 20.8. The largest absolute Gasteiger partial charge is 0.569 e. The zero-order valence-corrected chi connectivity index (χ0v) is 19.3. The quantitative estimate of drug-likeness (QED) is 0.212. The molecule has 0 spiro atoms. The third-order valence-electron chi connectivity index (χ3n) is 6.94. The van der Waals surface area contributed by atoms with Gasteiger partial charge in [-0.2, -0.15) is 0 Å². The Hall–Kier alpha value is -4.54. The van der Waals surface area contributed by atoms with Crippen LogP contribution in [-0.4, -0.2) is 12.7 Å². The van der Waals surface area contributed by atoms with Crippen molar-refractivity contribution in [1.29, 1.82) is 0 Å². The van der Waals surface area contributed by atoms with E-state index in [1.807, 2.05) is 54.6 Å². The van der Waals surface area contributed by atoms with E-state index in [0.29, 0.717) is 5.75 Å². The van der Waals surface area contributed by atoms with Crippen LogP contribution in [0.2, 0.25) is 0 Å². The monoisotopic (exact) mass is 463 g/mol. The van der Waals surface area contributed by atoms with Crippen LogP contribution in [0.1, 0.15) is 0 Å². The maximum Gasteiger partial charge on any atom is 0.569 e. The topological polar surface area (TPSA) is 42.6 Å². The van der Waals surface area contributed by atoms with Crippen LogP contribution in [0.5, 0.6) is 5.75 Å². The summed E-state index contributed by atoms with van der Waals surface area (Å²) in [5.41, 5.74) is 6.24. The van der Waals surface area contributed by atoms with Crippen LogP contribution < -0.4 is 4.65 Å². The van der Waals surface area contributed by atoms with Crippen molar-refractivity contribution in [2.75, 3.05) is 0 Å². The van der Waals surface area contributed by atoms with Gasteiger partial charge in [-0.3, -0.25) is 0 Å². The molecule has 0 aliphatic carbocycles. The smallest absolute Gasteiger partial charge is 0.537 e. The molecule has 36 heavy (non-hydrogen) atoms. The summed E-state index contributed by atoms with van der Waals surface area (Å²) in [6.07, 6.45) is 0. The fourth-order valence-corrected chi connectivity index (χ4v) is 5.37. The number of benzene rings is 6. The lowest BCUT2D eigenvalue weighted by molar-refractivity contribution is 0.459. The first-order valence-corrected chi connectivity index (χ1v) is 11.9. The predicted octanol–water partition coefficient (Wildman–Crippen LogP) is 8.13. The average Bonchev–Trinajstić information content (AvgIpc) is 3.32. The fraction of sp³-hybridized carbons (Fsp3) is 0. The summed E-state index contributed by atoms with van der Waals surface area (Å²) in [4.78, 5) is 0. The molecule has 0 aliphatic rings. The molecule has 7 rings (SSSR count). The molecule has 0 saturated carbocycles. The van der Waals surface area contributed by atoms with Gasteiger partial charge in [-0.05, 0) is 33.5 Å². The summed E-state index contributed by atoms with van der Waals surface area (Å²) in [5.74, 6) is 0.653. The van der Waals surface area contributed by atoms with E-state index >= 15 is 0 Å². The average molecular weight is 463 g/mol. The molecule has 1 radical (unpaired) electrons. The van der Waals surface area contributed by atoms with Crippen molar-refractivity contribution in [3.63, 3.8) is 0 Å². The highest BCUT2D eigenvalue weighted by atomic mass is 16.5. The molecule has 0 amide bonds. The molecule has 0 atom stereocenters. The summed E-state index contributed by atoms with van der Waals surface area (Å²) >= 11 is 0. The number of rotatable bonds is 4. The van der Waals surface area contributed by atoms with Gasteiger partial charge in [-0.15, -0.1) is 0 Å². The highest BCUT2D eigenvalue weighted by Gasteiger charge is 2.17. The third-order valence-corrected chi connectivity index (χ3v) is 6.94. The molecule has 1 N–H and O–H groups in total. The maximum absolute atomic E-state index is 9.43. The minimum Gasteiger partial charge on any atom is -0.537 e. The minimum absolute atomic E-state index is 0.653. The molecule has 3 nitrogen and oxygen atoms in total. The lowest BCUT2D eigenvalue weighted by Crippen LogP contribution is -2.02. The van der Waals surface area contributed by atoms with E-state index in [2.05, 4.69) is 60.7 Å². The van der Waals surface area contributed by atoms with Crippen molar-refractivity contribution < 1.29 is 14.1 Å². The van der Waals surface area contributed by atoms with Gasteiger partial charge < -0.3 is 14.1 Å². The van der Waals surface area contributed by atoms with Gasteiger partial charge in [0, 0.05) is 27.1 Å². The first-order chi connectivity index (χ1) is 17.8. The van der Waals surface area contributed by atoms with Crippen molar-refractivity contribution in [3.8, 4) is 28.0 Å². The second kappa shape index (κ2) is 8.30. The number of fused-ring (bicyclic) bond motifs is 5. The Bertz CT molecular complexity index is 1840. The van der Waals surface area contributed by atoms with E-state index in [0.717, 1.165) is 73.4 Å². The van der Waals surface area contributed by atoms with Gasteiger partial charge in [-0.25, -0.2) is 0 Å². The lowest BCUT2D eigenvalue weighted by atomic mass is 9.90. The standard InChI is InChI=1S/C32H20BO3/c34-33-36-32-27-11-3-1-9-24(27)30(25-10-2-4-12-28(25)32)21-18-16-20(17-19-21)22-13-7-14-26-23-8-5-6-15-29(23)35-31(22)26/h1-19,34H. The molecule has 0 bridgehead atoms. The van der Waals surface area contributed by atoms with Gasteiger partial charge in [0.15, 0.2) is 0 Å². The Balaban J connectivity index is 1.43. The third kappa shape index (κ3) is 3.12. The van der Waals surface area contributed by atoms with Gasteiger partial charge in [0.1, 0.15) is 16.9 Å². The van der Waals surface area contributed by atoms with Crippen molar-refractivity contribution >= 4 is 51.2 Å². The minimum atomic E-state index is 0.653. The molecule has 1 heterocycles. The summed E-state index contributed by atoms with van der Waals surface area (Å²) in [7, 11) is 0.751. The molecule has 0 saturated heterocycles. The van der Waals surface area contributed by atoms with Crippen LogP contribution in [0, 0.1) is 0 Å². The summed E-state index contributed by atoms with van der Waals surface area (Å²) in [5, 5.41) is 15.7. The summed E-state index contributed by atoms with van der Waals surface area (Å²) in [6.45, 7) is 0. The Kier molecular flexibility index (Phi) is 4.79. The molecule has 7 aromatic rings. The van der Waals surface area contributed by atoms with Crippen LogP contribution in [0.15, 0.2) is 120 Å². The normalized spacial score (nSPS) is 11.5. The van der Waals surface area contributed by atoms with E-state index < -0.39 is 0 Å². The lowest BCUT2D eigenvalue weighted by Gasteiger charge is -2.17. The Labute approximate surface area is 208 Å². The van der Waals surface area contributed by atoms with Crippen molar-refractivity contribution in [3.05, 3.63) is 115 Å². The molecule has 169 valence electrons. The SMILES string of the molecule is O[B]Oc1c2ccccc2c(-c2ccc(-c3cccc4c3oc3ccccc34)cc2)c2ccccc12. The van der Waals surface area contributed by atoms with Gasteiger partial charge >= 0.3 is 7.69 Å². The highest BCUT2D eigenvalue weighted by molar-refractivity contribution is 6.22. The second-order valence-corrected chi connectivity index (χ2v) is 8.88. The fourth-order valence-electron chi connectivity index (χ4n) is 5.37. The molecule has 1 aromatic heterocycles. The molecular formula is C32H20BO3. The predicted molar refractivity (Wildman–Crippen MR) is 148 cm³/mol. The van der Waals surface area contributed by atoms with E-state index in [4.69, 9.17) is 9.07 Å². The Morgan fingerprint density at radius 2 is 1.08 bits per heavy atom. The van der Waals surface area contributed by atoms with Crippen LogP contribution >= 0.6 is 0 Å². The second-order valence-electron chi connectivity index (χ2n) is 8.88. The first-order valence-electron chi connectivity index (χ1n) is 11.9. The molecule has 6 aromatic carbocycles. The van der Waals surface area contributed by atoms with Crippen LogP contribution in [0.25, 0.3) is 65.7 Å². The van der Waals surface area contributed by atoms with Gasteiger partial charge in [-0.1, -0.05) is 109 Å². The highest BCUT2D eigenvalue weighted by Crippen LogP contribution is 2.43. The number of hydrogen-bond donors (Lipinski definition) is 1. The van der Waals surface area contributed by atoms with Crippen molar-refractivity contribution in [1.82, 2.24) is 0 Å². The Morgan fingerprint density at radius 1 is 0.528 bits per heavy atom. The molecular weight excluding hydrogens is 443 g/mol. The van der Waals surface area contributed by atoms with Crippen LogP contribution in [0.3, 0.4) is 0 Å². The van der Waals surface area contributed by atoms with E-state index in [1.54, 1.807) is 0 Å². The zero-order chi connectivity index (χ0) is 24.1. The maximum atomic E-state index is 9.43. The van der Waals surface area contributed by atoms with Crippen molar-refractivity contribution in [2.24, 2.45) is 0 Å². The summed E-state index contributed by atoms with van der Waals surface area (Å²) in [6, 6.07) is 39.4. The zero-order valence-electron chi connectivity index (χ0n) is 19.3. The summed E-state index contributed by atoms with van der Waals surface area (Å²) < 4.78 is 11.9. The molecule has 0 aliphatic heterocycles. The number of hydrogen-bond acceptors (Lipinski definition) is 3. The molecule has 0 fully saturated rings. The van der Waals surface area contributed by atoms with Gasteiger partial charge in [0.2, 0.25) is 0 Å². The van der Waals surface area contributed by atoms with E-state index in [-0.39, 0.29) is 0 Å². The number of para-hydroxylation sites is 2. The number of furan rings is 1. The molecule has 4 heteroatoms. The van der Waals surface area contributed by atoms with E-state index in [9.17, 15) is 5.02 Å². The Morgan fingerprint density at radius 3 is 1.75 bits per heavy atom. The van der Waals surface area contributed by atoms with Crippen LogP contribution in [0.4, 0.5) is 0 Å². The molecule has 0 unspecified atom stereocenters. The van der Waals surface area contributed by atoms with Crippen molar-refractivity contribution in [2.45, 2.75) is 0 Å². The van der Waals surface area contributed by atoms with Crippen LogP contribution in [-0.2, 0) is 0 Å².